The molecule has 7 heteroatoms. The molecule has 3 heterocycles. The number of likely N-dealkylation sites (tertiary alicyclic amines) is 1. The van der Waals surface area contributed by atoms with Crippen molar-refractivity contribution in [1.29, 1.82) is 0 Å². The molecule has 28 heavy (non-hydrogen) atoms. The number of aromatic nitrogens is 2. The quantitative estimate of drug-likeness (QED) is 0.666. The van der Waals surface area contributed by atoms with E-state index in [-0.39, 0.29) is 17.6 Å². The van der Waals surface area contributed by atoms with Gasteiger partial charge in [0.25, 0.3) is 11.5 Å². The van der Waals surface area contributed by atoms with Gasteiger partial charge in [-0.1, -0.05) is 6.07 Å². The van der Waals surface area contributed by atoms with Gasteiger partial charge in [0.15, 0.2) is 5.65 Å². The first kappa shape index (κ1) is 18.6. The summed E-state index contributed by atoms with van der Waals surface area (Å²) in [5, 5.41) is 13.0. The topological polar surface area (TPSA) is 86.9 Å². The Balaban J connectivity index is 1.66. The van der Waals surface area contributed by atoms with Gasteiger partial charge in [0.1, 0.15) is 0 Å². The van der Waals surface area contributed by atoms with E-state index >= 15 is 0 Å². The number of carbonyl (C=O) groups is 1. The number of carbonyl (C=O) groups excluding carboxylic acids is 1. The van der Waals surface area contributed by atoms with E-state index in [9.17, 15) is 14.7 Å². The van der Waals surface area contributed by atoms with E-state index in [0.29, 0.717) is 41.7 Å². The molecule has 2 aromatic heterocycles. The van der Waals surface area contributed by atoms with Crippen LogP contribution in [0.15, 0.2) is 35.3 Å². The van der Waals surface area contributed by atoms with Gasteiger partial charge in [-0.25, -0.2) is 4.98 Å². The molecule has 1 aliphatic heterocycles. The fraction of sp³-hybridized carbons (Fsp3) is 0.381. The molecule has 7 nitrogen and oxygen atoms in total. The Morgan fingerprint density at radius 2 is 2.14 bits per heavy atom. The molecule has 2 N–H and O–H groups in total. The minimum absolute atomic E-state index is 0.177. The molecule has 1 saturated heterocycles. The van der Waals surface area contributed by atoms with E-state index in [2.05, 4.69) is 15.2 Å². The van der Waals surface area contributed by atoms with Crippen molar-refractivity contribution in [2.24, 2.45) is 0 Å². The number of aliphatic hydroxyl groups excluding tert-OH is 1. The fourth-order valence-corrected chi connectivity index (χ4v) is 3.75. The summed E-state index contributed by atoms with van der Waals surface area (Å²) in [6.45, 7) is 6.56. The molecule has 1 amide bonds. The average Bonchev–Trinajstić information content (AvgIpc) is 3.10. The van der Waals surface area contributed by atoms with Crippen molar-refractivity contribution < 1.29 is 9.90 Å². The second-order valence-electron chi connectivity index (χ2n) is 7.44. The summed E-state index contributed by atoms with van der Waals surface area (Å²) in [7, 11) is 0. The van der Waals surface area contributed by atoms with Crippen LogP contribution in [0.1, 0.15) is 27.9 Å². The highest BCUT2D eigenvalue weighted by Crippen LogP contribution is 2.19. The molecular weight excluding hydrogens is 356 g/mol. The van der Waals surface area contributed by atoms with Crippen LogP contribution in [-0.4, -0.2) is 57.6 Å². The maximum Gasteiger partial charge on any atom is 0.265 e. The normalized spacial score (nSPS) is 17.5. The number of nitrogens with zero attached hydrogens (tertiary/aromatic N) is 3. The molecule has 0 aliphatic carbocycles. The van der Waals surface area contributed by atoms with E-state index in [1.165, 1.54) is 4.40 Å². The summed E-state index contributed by atoms with van der Waals surface area (Å²) in [4.78, 5) is 32.5. The third-order valence-corrected chi connectivity index (χ3v) is 5.54. The molecule has 0 saturated carbocycles. The van der Waals surface area contributed by atoms with Gasteiger partial charge in [-0.3, -0.25) is 18.9 Å². The van der Waals surface area contributed by atoms with Gasteiger partial charge in [-0.2, -0.15) is 0 Å². The van der Waals surface area contributed by atoms with Crippen LogP contribution in [0.25, 0.3) is 16.6 Å². The highest BCUT2D eigenvalue weighted by atomic mass is 16.3. The molecule has 3 aromatic rings. The van der Waals surface area contributed by atoms with Gasteiger partial charge in [0, 0.05) is 32.4 Å². The predicted octanol–water partition coefficient (Wildman–Crippen LogP) is 1.26. The first-order valence-electron chi connectivity index (χ1n) is 9.55. The maximum absolute atomic E-state index is 12.9. The summed E-state index contributed by atoms with van der Waals surface area (Å²) in [6.07, 6.45) is 2.14. The largest absolute Gasteiger partial charge is 0.392 e. The zero-order chi connectivity index (χ0) is 19.8. The molecule has 1 atom stereocenters. The number of fused-ring (bicyclic) bond motifs is 2. The van der Waals surface area contributed by atoms with Gasteiger partial charge in [0.05, 0.1) is 22.6 Å². The van der Waals surface area contributed by atoms with Crippen LogP contribution in [0, 0.1) is 13.8 Å². The van der Waals surface area contributed by atoms with Gasteiger partial charge >= 0.3 is 0 Å². The minimum Gasteiger partial charge on any atom is -0.392 e. The lowest BCUT2D eigenvalue weighted by Crippen LogP contribution is -2.34. The lowest BCUT2D eigenvalue weighted by molar-refractivity contribution is 0.0950. The van der Waals surface area contributed by atoms with Crippen LogP contribution >= 0.6 is 0 Å². The number of nitrogens with one attached hydrogen (secondary N) is 1. The van der Waals surface area contributed by atoms with Crippen molar-refractivity contribution in [3.8, 4) is 0 Å². The Bertz CT molecular complexity index is 1120. The summed E-state index contributed by atoms with van der Waals surface area (Å²) in [6, 6.07) is 7.08. The van der Waals surface area contributed by atoms with Crippen molar-refractivity contribution in [2.45, 2.75) is 26.4 Å². The molecule has 0 radical (unpaired) electrons. The molecule has 0 bridgehead atoms. The zero-order valence-corrected chi connectivity index (χ0v) is 16.1. The van der Waals surface area contributed by atoms with Crippen LogP contribution < -0.4 is 10.9 Å². The van der Waals surface area contributed by atoms with E-state index in [0.717, 1.165) is 24.1 Å². The predicted molar refractivity (Wildman–Crippen MR) is 108 cm³/mol. The van der Waals surface area contributed by atoms with Crippen LogP contribution in [-0.2, 0) is 0 Å². The molecule has 0 unspecified atom stereocenters. The number of aliphatic hydroxyl groups is 1. The maximum atomic E-state index is 12.9. The highest BCUT2D eigenvalue weighted by Gasteiger charge is 2.20. The molecular formula is C21H24N4O3. The van der Waals surface area contributed by atoms with E-state index in [1.54, 1.807) is 24.4 Å². The van der Waals surface area contributed by atoms with Crippen molar-refractivity contribution in [3.05, 3.63) is 57.5 Å². The highest BCUT2D eigenvalue weighted by molar-refractivity contribution is 6.00. The van der Waals surface area contributed by atoms with Crippen molar-refractivity contribution in [3.63, 3.8) is 0 Å². The smallest absolute Gasteiger partial charge is 0.265 e. The first-order valence-corrected chi connectivity index (χ1v) is 9.55. The molecule has 1 aromatic carbocycles. The Morgan fingerprint density at radius 1 is 1.32 bits per heavy atom. The Kier molecular flexibility index (Phi) is 4.87. The van der Waals surface area contributed by atoms with E-state index in [1.807, 2.05) is 19.9 Å². The number of β-amino-alcohol motifs (C(OH)–C–C–N with tert-alkyl or cyclic N) is 1. The summed E-state index contributed by atoms with van der Waals surface area (Å²) < 4.78 is 1.43. The molecule has 1 aliphatic rings. The molecule has 4 rings (SSSR count). The van der Waals surface area contributed by atoms with Gasteiger partial charge in [0.2, 0.25) is 0 Å². The third kappa shape index (κ3) is 3.27. The number of hydrogen-bond acceptors (Lipinski definition) is 5. The van der Waals surface area contributed by atoms with Crippen molar-refractivity contribution >= 4 is 22.5 Å². The number of rotatable bonds is 4. The van der Waals surface area contributed by atoms with Crippen molar-refractivity contribution in [2.75, 3.05) is 26.2 Å². The molecule has 146 valence electrons. The lowest BCUT2D eigenvalue weighted by atomic mass is 10.1. The first-order chi connectivity index (χ1) is 13.5. The average molecular weight is 380 g/mol. The SMILES string of the molecule is Cc1ccc2c(=O)n3cccc(C(=O)NCCN4CC[C@@H](O)C4)c3nc2c1C. The lowest BCUT2D eigenvalue weighted by Gasteiger charge is -2.15. The van der Waals surface area contributed by atoms with E-state index < -0.39 is 0 Å². The third-order valence-electron chi connectivity index (χ3n) is 5.54. The zero-order valence-electron chi connectivity index (χ0n) is 16.1. The monoisotopic (exact) mass is 380 g/mol. The number of amides is 1. The molecule has 1 fully saturated rings. The number of benzene rings is 1. The fourth-order valence-electron chi connectivity index (χ4n) is 3.75. The summed E-state index contributed by atoms with van der Waals surface area (Å²) in [5.74, 6) is -0.255. The number of hydrogen-bond donors (Lipinski definition) is 2. The number of pyridine rings is 1. The van der Waals surface area contributed by atoms with Gasteiger partial charge in [-0.05, 0) is 49.6 Å². The Morgan fingerprint density at radius 3 is 2.89 bits per heavy atom. The molecule has 0 spiro atoms. The van der Waals surface area contributed by atoms with Gasteiger partial charge < -0.3 is 10.4 Å². The van der Waals surface area contributed by atoms with Crippen LogP contribution in [0.4, 0.5) is 0 Å². The Hall–Kier alpha value is -2.77. The minimum atomic E-state index is -0.273. The van der Waals surface area contributed by atoms with Crippen molar-refractivity contribution in [1.82, 2.24) is 19.6 Å². The summed E-state index contributed by atoms with van der Waals surface area (Å²) >= 11 is 0. The second kappa shape index (κ2) is 7.33. The summed E-state index contributed by atoms with van der Waals surface area (Å²) in [5.41, 5.74) is 3.20. The van der Waals surface area contributed by atoms with Crippen LogP contribution in [0.5, 0.6) is 0 Å². The van der Waals surface area contributed by atoms with Crippen LogP contribution in [0.2, 0.25) is 0 Å². The number of aryl methyl sites for hydroxylation is 2. The van der Waals surface area contributed by atoms with E-state index in [4.69, 9.17) is 0 Å². The Labute approximate surface area is 162 Å². The standard InChI is InChI=1S/C21H24N4O3/c1-13-5-6-16-18(14(13)2)23-19-17(4-3-9-25(19)21(16)28)20(27)22-8-11-24-10-7-15(26)12-24/h3-6,9,15,26H,7-8,10-12H2,1-2H3,(H,22,27)/t15-/m1/s1. The second-order valence-corrected chi connectivity index (χ2v) is 7.44. The van der Waals surface area contributed by atoms with Crippen LogP contribution in [0.3, 0.4) is 0 Å². The van der Waals surface area contributed by atoms with Gasteiger partial charge in [-0.15, -0.1) is 0 Å².